The van der Waals surface area contributed by atoms with Crippen LogP contribution in [0.4, 0.5) is 0 Å². The molecular formula is C26H32ClNO2. The largest absolute Gasteiger partial charge is 0.508 e. The van der Waals surface area contributed by atoms with E-state index in [0.29, 0.717) is 34.7 Å². The van der Waals surface area contributed by atoms with Gasteiger partial charge in [-0.25, -0.2) is 0 Å². The van der Waals surface area contributed by atoms with Gasteiger partial charge in [0.15, 0.2) is 0 Å². The zero-order valence-corrected chi connectivity index (χ0v) is 18.7. The smallest absolute Gasteiger partial charge is 0.120 e. The molecule has 3 aliphatic rings. The molecule has 3 aliphatic carbocycles. The summed E-state index contributed by atoms with van der Waals surface area (Å²) >= 11 is 6.14. The molecule has 0 heterocycles. The maximum absolute atomic E-state index is 10.2. The van der Waals surface area contributed by atoms with Crippen LogP contribution < -0.4 is 10.1 Å². The Kier molecular flexibility index (Phi) is 5.23. The van der Waals surface area contributed by atoms with Crippen LogP contribution in [0.2, 0.25) is 5.02 Å². The fraction of sp³-hybridized carbons (Fsp3) is 0.538. The second kappa shape index (κ2) is 7.76. The summed E-state index contributed by atoms with van der Waals surface area (Å²) in [6.45, 7) is 3.19. The first-order chi connectivity index (χ1) is 14.5. The van der Waals surface area contributed by atoms with Gasteiger partial charge in [0, 0.05) is 23.2 Å². The fourth-order valence-corrected chi connectivity index (χ4v) is 7.14. The molecule has 2 N–H and O–H groups in total. The number of nitrogens with one attached hydrogen (secondary N) is 1. The van der Waals surface area contributed by atoms with E-state index in [1.165, 1.54) is 44.1 Å². The lowest BCUT2D eigenvalue weighted by molar-refractivity contribution is 0.0407. The summed E-state index contributed by atoms with van der Waals surface area (Å²) in [5.74, 6) is 3.58. The Labute approximate surface area is 184 Å². The third-order valence-electron chi connectivity index (χ3n) is 8.51. The van der Waals surface area contributed by atoms with Crippen LogP contribution in [0.3, 0.4) is 0 Å². The van der Waals surface area contributed by atoms with Crippen LogP contribution in [0.1, 0.15) is 61.6 Å². The first kappa shape index (κ1) is 20.2. The zero-order chi connectivity index (χ0) is 20.9. The van der Waals surface area contributed by atoms with Crippen molar-refractivity contribution in [2.75, 3.05) is 7.11 Å². The highest BCUT2D eigenvalue weighted by Gasteiger charge is 2.54. The number of phenols is 1. The Hall–Kier alpha value is -1.71. The molecule has 3 nitrogen and oxygen atoms in total. The van der Waals surface area contributed by atoms with Crippen molar-refractivity contribution in [1.82, 2.24) is 5.32 Å². The quantitative estimate of drug-likeness (QED) is 0.624. The summed E-state index contributed by atoms with van der Waals surface area (Å²) < 4.78 is 5.46. The molecule has 0 spiro atoms. The van der Waals surface area contributed by atoms with Gasteiger partial charge in [-0.1, -0.05) is 24.6 Å². The van der Waals surface area contributed by atoms with Crippen molar-refractivity contribution in [2.45, 2.75) is 64.0 Å². The van der Waals surface area contributed by atoms with Crippen LogP contribution in [0.5, 0.6) is 11.5 Å². The number of hydrogen-bond donors (Lipinski definition) is 2. The van der Waals surface area contributed by atoms with Crippen LogP contribution in [-0.2, 0) is 13.0 Å². The second-order valence-corrected chi connectivity index (χ2v) is 10.2. The first-order valence-corrected chi connectivity index (χ1v) is 11.7. The highest BCUT2D eigenvalue weighted by molar-refractivity contribution is 6.30. The summed E-state index contributed by atoms with van der Waals surface area (Å²) in [5.41, 5.74) is 4.31. The number of rotatable bonds is 4. The fourth-order valence-electron chi connectivity index (χ4n) is 6.95. The van der Waals surface area contributed by atoms with E-state index in [1.54, 1.807) is 24.8 Å². The molecule has 2 aromatic rings. The van der Waals surface area contributed by atoms with Crippen molar-refractivity contribution in [1.29, 1.82) is 0 Å². The van der Waals surface area contributed by atoms with E-state index in [0.717, 1.165) is 23.1 Å². The van der Waals surface area contributed by atoms with Crippen LogP contribution in [0.25, 0.3) is 0 Å². The predicted octanol–water partition coefficient (Wildman–Crippen LogP) is 6.07. The lowest BCUT2D eigenvalue weighted by atomic mass is 9.55. The molecular weight excluding hydrogens is 394 g/mol. The number of halogens is 1. The van der Waals surface area contributed by atoms with Gasteiger partial charge in [-0.2, -0.15) is 0 Å². The van der Waals surface area contributed by atoms with Gasteiger partial charge in [0.1, 0.15) is 11.5 Å². The zero-order valence-electron chi connectivity index (χ0n) is 18.0. The summed E-state index contributed by atoms with van der Waals surface area (Å²) in [6, 6.07) is 12.5. The van der Waals surface area contributed by atoms with E-state index in [2.05, 4.69) is 30.4 Å². The molecule has 30 heavy (non-hydrogen) atoms. The highest BCUT2D eigenvalue weighted by Crippen LogP contribution is 2.61. The molecule has 2 fully saturated rings. The van der Waals surface area contributed by atoms with Gasteiger partial charge in [0.2, 0.25) is 0 Å². The summed E-state index contributed by atoms with van der Waals surface area (Å²) in [5, 5.41) is 14.7. The topological polar surface area (TPSA) is 41.5 Å². The maximum Gasteiger partial charge on any atom is 0.120 e. The molecule has 2 aromatic carbocycles. The summed E-state index contributed by atoms with van der Waals surface area (Å²) in [6.07, 6.45) is 7.55. The Bertz CT molecular complexity index is 945. The van der Waals surface area contributed by atoms with Gasteiger partial charge >= 0.3 is 0 Å². The molecule has 2 saturated carbocycles. The Morgan fingerprint density at radius 3 is 2.83 bits per heavy atom. The number of hydrogen-bond acceptors (Lipinski definition) is 3. The summed E-state index contributed by atoms with van der Waals surface area (Å²) in [4.78, 5) is 0. The van der Waals surface area contributed by atoms with Crippen LogP contribution in [0.15, 0.2) is 36.4 Å². The molecule has 160 valence electrons. The van der Waals surface area contributed by atoms with Crippen LogP contribution in [-0.4, -0.2) is 18.3 Å². The molecule has 0 unspecified atom stereocenters. The SMILES string of the molecule is COc1ccc2c(c1)CC[C@@H]1[C@@H]2CC[C@]2(C)[C@H](NCc3cc(Cl)ccc3O)CC[C@@H]12. The van der Waals surface area contributed by atoms with E-state index in [4.69, 9.17) is 16.3 Å². The van der Waals surface area contributed by atoms with E-state index < -0.39 is 0 Å². The molecule has 0 amide bonds. The minimum Gasteiger partial charge on any atom is -0.508 e. The van der Waals surface area contributed by atoms with Gasteiger partial charge in [0.25, 0.3) is 0 Å². The van der Waals surface area contributed by atoms with Gasteiger partial charge in [-0.3, -0.25) is 0 Å². The molecule has 0 aliphatic heterocycles. The number of ether oxygens (including phenoxy) is 1. The van der Waals surface area contributed by atoms with Gasteiger partial charge in [0.05, 0.1) is 7.11 Å². The van der Waals surface area contributed by atoms with E-state index in [9.17, 15) is 5.11 Å². The number of aromatic hydroxyl groups is 1. The van der Waals surface area contributed by atoms with Crippen molar-refractivity contribution in [2.24, 2.45) is 17.3 Å². The van der Waals surface area contributed by atoms with Crippen molar-refractivity contribution in [3.8, 4) is 11.5 Å². The molecule has 4 heteroatoms. The number of phenolic OH excluding ortho intramolecular Hbond substituents is 1. The normalized spacial score (nSPS) is 32.2. The van der Waals surface area contributed by atoms with E-state index in [1.807, 2.05) is 6.07 Å². The molecule has 0 bridgehead atoms. The van der Waals surface area contributed by atoms with Gasteiger partial charge < -0.3 is 15.2 Å². The standard InChI is InChI=1S/C26H32ClNO2/c1-26-12-11-21-20-7-5-19(30-2)14-16(20)3-6-22(21)23(26)8-10-25(26)28-15-17-13-18(27)4-9-24(17)29/h4-5,7,9,13-14,21-23,25,28-29H,3,6,8,10-12,15H2,1-2H3/t21-,22-,23+,25-,26+/m1/s1. The van der Waals surface area contributed by atoms with Gasteiger partial charge in [-0.15, -0.1) is 0 Å². The summed E-state index contributed by atoms with van der Waals surface area (Å²) in [7, 11) is 1.76. The van der Waals surface area contributed by atoms with Crippen molar-refractivity contribution in [3.05, 3.63) is 58.1 Å². The minimum atomic E-state index is 0.328. The number of aryl methyl sites for hydroxylation is 1. The first-order valence-electron chi connectivity index (χ1n) is 11.4. The Morgan fingerprint density at radius 2 is 2.00 bits per heavy atom. The Morgan fingerprint density at radius 1 is 1.13 bits per heavy atom. The lowest BCUT2D eigenvalue weighted by Crippen LogP contribution is -2.48. The second-order valence-electron chi connectivity index (χ2n) is 9.81. The van der Waals surface area contributed by atoms with Crippen molar-refractivity contribution < 1.29 is 9.84 Å². The molecule has 0 radical (unpaired) electrons. The Balaban J connectivity index is 1.33. The lowest BCUT2D eigenvalue weighted by Gasteiger charge is -2.51. The average molecular weight is 426 g/mol. The number of fused-ring (bicyclic) bond motifs is 5. The van der Waals surface area contributed by atoms with Gasteiger partial charge in [-0.05, 0) is 103 Å². The number of methoxy groups -OCH3 is 1. The predicted molar refractivity (Wildman–Crippen MR) is 121 cm³/mol. The third kappa shape index (κ3) is 3.31. The highest BCUT2D eigenvalue weighted by atomic mass is 35.5. The van der Waals surface area contributed by atoms with E-state index in [-0.39, 0.29) is 0 Å². The molecule has 5 atom stereocenters. The maximum atomic E-state index is 10.2. The van der Waals surface area contributed by atoms with Crippen LogP contribution >= 0.6 is 11.6 Å². The minimum absolute atomic E-state index is 0.328. The monoisotopic (exact) mass is 425 g/mol. The molecule has 0 saturated heterocycles. The van der Waals surface area contributed by atoms with Crippen LogP contribution in [0, 0.1) is 17.3 Å². The third-order valence-corrected chi connectivity index (χ3v) is 8.75. The van der Waals surface area contributed by atoms with Crippen molar-refractivity contribution >= 4 is 11.6 Å². The molecule has 0 aromatic heterocycles. The average Bonchev–Trinajstić information content (AvgIpc) is 3.10. The number of benzene rings is 2. The van der Waals surface area contributed by atoms with E-state index >= 15 is 0 Å². The molecule has 5 rings (SSSR count). The van der Waals surface area contributed by atoms with Crippen molar-refractivity contribution in [3.63, 3.8) is 0 Å².